The van der Waals surface area contributed by atoms with E-state index in [4.69, 9.17) is 21.1 Å². The van der Waals surface area contributed by atoms with Gasteiger partial charge in [-0.15, -0.1) is 0 Å². The molecule has 4 rings (SSSR count). The SMILES string of the molecule is C=S1(=O)C=Cc2ccc(NC(=O)c3cc(Cl)ccc3OCCN3CCOCC3)cc21. The first kappa shape index (κ1) is 20.9. The number of carbonyl (C=O) groups excluding carboxylic acids is 1. The molecule has 1 fully saturated rings. The zero-order valence-corrected chi connectivity index (χ0v) is 18.0. The fourth-order valence-electron chi connectivity index (χ4n) is 3.42. The molecule has 0 bridgehead atoms. The maximum atomic E-state index is 12.9. The normalized spacial score (nSPS) is 20.7. The van der Waals surface area contributed by atoms with E-state index in [-0.39, 0.29) is 5.91 Å². The lowest BCUT2D eigenvalue weighted by molar-refractivity contribution is 0.0322. The topological polar surface area (TPSA) is 67.9 Å². The van der Waals surface area contributed by atoms with Crippen LogP contribution in [0.25, 0.3) is 6.08 Å². The second-order valence-corrected chi connectivity index (χ2v) is 9.78. The Bertz CT molecular complexity index is 1090. The van der Waals surface area contributed by atoms with E-state index in [0.29, 0.717) is 33.5 Å². The molecule has 2 aromatic rings. The van der Waals surface area contributed by atoms with Crippen molar-refractivity contribution in [2.24, 2.45) is 0 Å². The molecule has 1 N–H and O–H groups in total. The van der Waals surface area contributed by atoms with Crippen molar-refractivity contribution in [2.45, 2.75) is 4.90 Å². The summed E-state index contributed by atoms with van der Waals surface area (Å²) in [5, 5.41) is 4.89. The van der Waals surface area contributed by atoms with Gasteiger partial charge >= 0.3 is 0 Å². The summed E-state index contributed by atoms with van der Waals surface area (Å²) in [4.78, 5) is 15.8. The van der Waals surface area contributed by atoms with E-state index >= 15 is 0 Å². The standard InChI is InChI=1S/C22H23ClN2O4S/c1-30(27)13-6-16-2-4-18(15-21(16)30)24-22(26)19-14-17(23)3-5-20(19)29-12-9-25-7-10-28-11-8-25/h2-6,13-15H,1,7-12H2,(H,24,26). The van der Waals surface area contributed by atoms with Crippen LogP contribution in [0.4, 0.5) is 5.69 Å². The predicted octanol–water partition coefficient (Wildman–Crippen LogP) is 3.36. The van der Waals surface area contributed by atoms with Crippen LogP contribution in [0.1, 0.15) is 15.9 Å². The maximum Gasteiger partial charge on any atom is 0.259 e. The van der Waals surface area contributed by atoms with Crippen molar-refractivity contribution in [3.63, 3.8) is 0 Å². The van der Waals surface area contributed by atoms with Gasteiger partial charge in [0.25, 0.3) is 5.91 Å². The van der Waals surface area contributed by atoms with Crippen molar-refractivity contribution in [3.05, 3.63) is 58.0 Å². The fourth-order valence-corrected chi connectivity index (χ4v) is 4.97. The largest absolute Gasteiger partial charge is 0.491 e. The molecule has 1 saturated heterocycles. The van der Waals surface area contributed by atoms with Gasteiger partial charge in [-0.2, -0.15) is 0 Å². The minimum Gasteiger partial charge on any atom is -0.491 e. The van der Waals surface area contributed by atoms with Gasteiger partial charge in [0.05, 0.1) is 18.8 Å². The minimum absolute atomic E-state index is 0.346. The first-order chi connectivity index (χ1) is 14.4. The highest BCUT2D eigenvalue weighted by Crippen LogP contribution is 2.30. The number of hydrogen-bond donors (Lipinski definition) is 1. The number of amides is 1. The van der Waals surface area contributed by atoms with Crippen molar-refractivity contribution in [2.75, 3.05) is 44.8 Å². The zero-order valence-electron chi connectivity index (χ0n) is 16.4. The van der Waals surface area contributed by atoms with E-state index in [9.17, 15) is 9.00 Å². The smallest absolute Gasteiger partial charge is 0.259 e. The highest BCUT2D eigenvalue weighted by molar-refractivity contribution is 8.03. The van der Waals surface area contributed by atoms with E-state index in [0.717, 1.165) is 38.4 Å². The number of anilines is 1. The molecule has 30 heavy (non-hydrogen) atoms. The molecule has 0 saturated carbocycles. The quantitative estimate of drug-likeness (QED) is 0.689. The van der Waals surface area contributed by atoms with Gasteiger partial charge in [-0.25, -0.2) is 0 Å². The molecule has 2 aliphatic rings. The van der Waals surface area contributed by atoms with Crippen molar-refractivity contribution in [3.8, 4) is 5.75 Å². The summed E-state index contributed by atoms with van der Waals surface area (Å²) in [5.74, 6) is 3.89. The third kappa shape index (κ3) is 4.70. The molecule has 2 aliphatic heterocycles. The number of morpholine rings is 1. The number of rotatable bonds is 6. The van der Waals surface area contributed by atoms with Crippen molar-refractivity contribution in [1.29, 1.82) is 0 Å². The zero-order chi connectivity index (χ0) is 21.1. The van der Waals surface area contributed by atoms with Crippen molar-refractivity contribution >= 4 is 44.7 Å². The molecule has 8 heteroatoms. The molecule has 1 atom stereocenters. The van der Waals surface area contributed by atoms with Crippen LogP contribution in [0, 0.1) is 0 Å². The third-order valence-electron chi connectivity index (χ3n) is 5.07. The number of hydrogen-bond acceptors (Lipinski definition) is 5. The van der Waals surface area contributed by atoms with Crippen LogP contribution < -0.4 is 10.1 Å². The van der Waals surface area contributed by atoms with Gasteiger partial charge in [0.15, 0.2) is 0 Å². The lowest BCUT2D eigenvalue weighted by Crippen LogP contribution is -2.38. The molecule has 0 aliphatic carbocycles. The second kappa shape index (κ2) is 8.81. The predicted molar refractivity (Wildman–Crippen MR) is 121 cm³/mol. The minimum atomic E-state index is -2.46. The summed E-state index contributed by atoms with van der Waals surface area (Å²) in [5.41, 5.74) is 1.74. The van der Waals surface area contributed by atoms with Gasteiger partial charge in [0.1, 0.15) is 12.4 Å². The van der Waals surface area contributed by atoms with Crippen LogP contribution in [0.2, 0.25) is 5.02 Å². The van der Waals surface area contributed by atoms with Crippen LogP contribution in [0.3, 0.4) is 0 Å². The average molecular weight is 447 g/mol. The van der Waals surface area contributed by atoms with Crippen molar-refractivity contribution in [1.82, 2.24) is 4.90 Å². The number of carbonyl (C=O) groups is 1. The Hall–Kier alpha value is -2.32. The van der Waals surface area contributed by atoms with Crippen LogP contribution in [0.15, 0.2) is 46.7 Å². The third-order valence-corrected chi connectivity index (χ3v) is 6.97. The monoisotopic (exact) mass is 446 g/mol. The van der Waals surface area contributed by atoms with Crippen LogP contribution >= 0.6 is 11.6 Å². The number of ether oxygens (including phenoxy) is 2. The summed E-state index contributed by atoms with van der Waals surface area (Å²) in [7, 11) is -2.46. The van der Waals surface area contributed by atoms with Gasteiger partial charge in [-0.3, -0.25) is 13.9 Å². The van der Waals surface area contributed by atoms with Gasteiger partial charge in [0, 0.05) is 44.8 Å². The number of nitrogens with zero attached hydrogens (tertiary/aromatic N) is 1. The Balaban J connectivity index is 1.46. The van der Waals surface area contributed by atoms with Crippen LogP contribution in [-0.4, -0.2) is 60.3 Å². The summed E-state index contributed by atoms with van der Waals surface area (Å²) in [6.07, 6.45) is 1.79. The molecule has 1 amide bonds. The van der Waals surface area contributed by atoms with Gasteiger partial charge in [-0.05, 0) is 53.2 Å². The fraction of sp³-hybridized carbons (Fsp3) is 0.273. The average Bonchev–Trinajstić information content (AvgIpc) is 3.04. The van der Waals surface area contributed by atoms with Gasteiger partial charge in [-0.1, -0.05) is 17.7 Å². The highest BCUT2D eigenvalue weighted by Gasteiger charge is 2.19. The van der Waals surface area contributed by atoms with Gasteiger partial charge < -0.3 is 14.8 Å². The first-order valence-corrected chi connectivity index (χ1v) is 11.8. The Morgan fingerprint density at radius 2 is 2.03 bits per heavy atom. The maximum absolute atomic E-state index is 12.9. The van der Waals surface area contributed by atoms with Gasteiger partial charge in [0.2, 0.25) is 0 Å². The Morgan fingerprint density at radius 1 is 1.23 bits per heavy atom. The molecule has 2 aromatic carbocycles. The molecule has 0 radical (unpaired) electrons. The highest BCUT2D eigenvalue weighted by atomic mass is 35.5. The number of halogens is 1. The van der Waals surface area contributed by atoms with E-state index in [1.165, 1.54) is 0 Å². The molecule has 0 spiro atoms. The van der Waals surface area contributed by atoms with E-state index in [2.05, 4.69) is 16.1 Å². The summed E-state index contributed by atoms with van der Waals surface area (Å²) >= 11 is 6.12. The van der Waals surface area contributed by atoms with Crippen LogP contribution in [-0.2, 0) is 14.3 Å². The Morgan fingerprint density at radius 3 is 2.83 bits per heavy atom. The number of nitrogens with one attached hydrogen (secondary N) is 1. The van der Waals surface area contributed by atoms with E-state index in [1.54, 1.807) is 41.8 Å². The number of benzene rings is 2. The Kier molecular flexibility index (Phi) is 6.15. The first-order valence-electron chi connectivity index (χ1n) is 9.66. The van der Waals surface area contributed by atoms with E-state index < -0.39 is 9.52 Å². The number of fused-ring (bicyclic) bond motifs is 1. The molecule has 0 aromatic heterocycles. The molecular formula is C22H23ClN2O4S. The van der Waals surface area contributed by atoms with Crippen molar-refractivity contribution < 1.29 is 18.5 Å². The lowest BCUT2D eigenvalue weighted by Gasteiger charge is -2.26. The Labute approximate surface area is 181 Å². The summed E-state index contributed by atoms with van der Waals surface area (Å²) < 4.78 is 23.7. The molecule has 158 valence electrons. The molecular weight excluding hydrogens is 424 g/mol. The van der Waals surface area contributed by atoms with E-state index in [1.807, 2.05) is 6.07 Å². The molecule has 1 unspecified atom stereocenters. The lowest BCUT2D eigenvalue weighted by atomic mass is 10.1. The second-order valence-electron chi connectivity index (χ2n) is 7.18. The summed E-state index contributed by atoms with van der Waals surface area (Å²) in [6, 6.07) is 10.3. The van der Waals surface area contributed by atoms with Crippen LogP contribution in [0.5, 0.6) is 5.75 Å². The molecule has 6 nitrogen and oxygen atoms in total. The summed E-state index contributed by atoms with van der Waals surface area (Å²) in [6.45, 7) is 4.41. The molecule has 2 heterocycles.